The van der Waals surface area contributed by atoms with Crippen LogP contribution in [0.3, 0.4) is 0 Å². The maximum Gasteiger partial charge on any atom is 0.188 e. The Morgan fingerprint density at radius 2 is 2.35 bits per heavy atom. The molecule has 3 aromatic rings. The third kappa shape index (κ3) is 2.92. The molecule has 20 heavy (non-hydrogen) atoms. The SMILES string of the molecule is COCCn1cc(Nc2nc3ccc(Cl)cc3s2)cn1. The molecule has 0 aliphatic rings. The highest BCUT2D eigenvalue weighted by atomic mass is 35.5. The molecule has 0 aliphatic carbocycles. The van der Waals surface area contributed by atoms with E-state index in [-0.39, 0.29) is 0 Å². The quantitative estimate of drug-likeness (QED) is 0.783. The Morgan fingerprint density at radius 1 is 1.45 bits per heavy atom. The summed E-state index contributed by atoms with van der Waals surface area (Å²) in [5.41, 5.74) is 1.85. The Bertz CT molecular complexity index is 724. The number of methoxy groups -OCH3 is 1. The van der Waals surface area contributed by atoms with Crippen molar-refractivity contribution in [2.45, 2.75) is 6.54 Å². The minimum absolute atomic E-state index is 0.640. The summed E-state index contributed by atoms with van der Waals surface area (Å²) in [6, 6.07) is 5.68. The molecular formula is C13H13ClN4OS. The van der Waals surface area contributed by atoms with Gasteiger partial charge in [0.25, 0.3) is 0 Å². The summed E-state index contributed by atoms with van der Waals surface area (Å²) in [5.74, 6) is 0. The number of aromatic nitrogens is 3. The summed E-state index contributed by atoms with van der Waals surface area (Å²) >= 11 is 7.54. The number of nitrogens with zero attached hydrogens (tertiary/aromatic N) is 3. The first-order chi connectivity index (χ1) is 9.74. The first-order valence-electron chi connectivity index (χ1n) is 6.09. The zero-order valence-corrected chi connectivity index (χ0v) is 12.4. The number of hydrogen-bond acceptors (Lipinski definition) is 5. The lowest BCUT2D eigenvalue weighted by Crippen LogP contribution is -2.03. The van der Waals surface area contributed by atoms with Crippen LogP contribution >= 0.6 is 22.9 Å². The van der Waals surface area contributed by atoms with E-state index in [1.165, 1.54) is 0 Å². The molecule has 0 fully saturated rings. The number of nitrogens with one attached hydrogen (secondary N) is 1. The van der Waals surface area contributed by atoms with E-state index < -0.39 is 0 Å². The Balaban J connectivity index is 1.76. The molecule has 7 heteroatoms. The molecule has 1 N–H and O–H groups in total. The van der Waals surface area contributed by atoms with E-state index in [0.717, 1.165) is 32.6 Å². The van der Waals surface area contributed by atoms with Gasteiger partial charge in [0.2, 0.25) is 0 Å². The first kappa shape index (κ1) is 13.4. The van der Waals surface area contributed by atoms with E-state index in [1.54, 1.807) is 24.6 Å². The van der Waals surface area contributed by atoms with Crippen molar-refractivity contribution < 1.29 is 4.74 Å². The van der Waals surface area contributed by atoms with Crippen LogP contribution in [0, 0.1) is 0 Å². The van der Waals surface area contributed by atoms with Gasteiger partial charge in [-0.15, -0.1) is 0 Å². The van der Waals surface area contributed by atoms with Crippen molar-refractivity contribution in [3.05, 3.63) is 35.6 Å². The lowest BCUT2D eigenvalue weighted by molar-refractivity contribution is 0.183. The zero-order valence-electron chi connectivity index (χ0n) is 10.8. The van der Waals surface area contributed by atoms with Crippen LogP contribution in [-0.2, 0) is 11.3 Å². The molecule has 2 heterocycles. The van der Waals surface area contributed by atoms with Gasteiger partial charge in [0.05, 0.1) is 35.3 Å². The highest BCUT2D eigenvalue weighted by Crippen LogP contribution is 2.29. The Labute approximate surface area is 125 Å². The van der Waals surface area contributed by atoms with Gasteiger partial charge in [0.15, 0.2) is 5.13 Å². The molecule has 0 atom stereocenters. The molecule has 0 saturated heterocycles. The van der Waals surface area contributed by atoms with Crippen LogP contribution in [-0.4, -0.2) is 28.5 Å². The zero-order chi connectivity index (χ0) is 13.9. The van der Waals surface area contributed by atoms with Crippen molar-refractivity contribution in [3.8, 4) is 0 Å². The molecule has 0 bridgehead atoms. The molecule has 0 radical (unpaired) electrons. The van der Waals surface area contributed by atoms with Crippen LogP contribution in [0.2, 0.25) is 5.02 Å². The molecule has 0 spiro atoms. The van der Waals surface area contributed by atoms with E-state index >= 15 is 0 Å². The van der Waals surface area contributed by atoms with Crippen LogP contribution in [0.15, 0.2) is 30.6 Å². The second-order valence-corrected chi connectivity index (χ2v) is 5.71. The predicted molar refractivity (Wildman–Crippen MR) is 82.0 cm³/mol. The normalized spacial score (nSPS) is 11.1. The average Bonchev–Trinajstić information content (AvgIpc) is 3.02. The van der Waals surface area contributed by atoms with Crippen LogP contribution in [0.25, 0.3) is 10.2 Å². The number of halogens is 1. The van der Waals surface area contributed by atoms with Gasteiger partial charge in [-0.25, -0.2) is 4.98 Å². The largest absolute Gasteiger partial charge is 0.383 e. The topological polar surface area (TPSA) is 52.0 Å². The monoisotopic (exact) mass is 308 g/mol. The Morgan fingerprint density at radius 3 is 3.20 bits per heavy atom. The van der Waals surface area contributed by atoms with E-state index in [1.807, 2.05) is 29.1 Å². The summed E-state index contributed by atoms with van der Waals surface area (Å²) in [4.78, 5) is 4.51. The third-order valence-electron chi connectivity index (χ3n) is 2.76. The highest BCUT2D eigenvalue weighted by Gasteiger charge is 2.06. The van der Waals surface area contributed by atoms with E-state index in [0.29, 0.717) is 6.61 Å². The van der Waals surface area contributed by atoms with Gasteiger partial charge in [0.1, 0.15) is 0 Å². The van der Waals surface area contributed by atoms with Gasteiger partial charge in [-0.05, 0) is 18.2 Å². The molecule has 1 aromatic carbocycles. The maximum absolute atomic E-state index is 5.97. The van der Waals surface area contributed by atoms with E-state index in [2.05, 4.69) is 15.4 Å². The third-order valence-corrected chi connectivity index (χ3v) is 3.93. The van der Waals surface area contributed by atoms with Crippen molar-refractivity contribution >= 4 is 44.0 Å². The smallest absolute Gasteiger partial charge is 0.188 e. The van der Waals surface area contributed by atoms with Gasteiger partial charge in [-0.3, -0.25) is 4.68 Å². The summed E-state index contributed by atoms with van der Waals surface area (Å²) in [6.45, 7) is 1.37. The molecule has 104 valence electrons. The summed E-state index contributed by atoms with van der Waals surface area (Å²) < 4.78 is 7.91. The fourth-order valence-electron chi connectivity index (χ4n) is 1.81. The van der Waals surface area contributed by atoms with Crippen molar-refractivity contribution in [1.29, 1.82) is 0 Å². The lowest BCUT2D eigenvalue weighted by Gasteiger charge is -1.99. The minimum Gasteiger partial charge on any atom is -0.383 e. The van der Waals surface area contributed by atoms with Gasteiger partial charge in [0, 0.05) is 18.3 Å². The highest BCUT2D eigenvalue weighted by molar-refractivity contribution is 7.22. The molecule has 2 aromatic heterocycles. The number of ether oxygens (including phenoxy) is 1. The van der Waals surface area contributed by atoms with Gasteiger partial charge < -0.3 is 10.1 Å². The van der Waals surface area contributed by atoms with Gasteiger partial charge >= 0.3 is 0 Å². The average molecular weight is 309 g/mol. The summed E-state index contributed by atoms with van der Waals surface area (Å²) in [5, 5.41) is 9.05. The number of fused-ring (bicyclic) bond motifs is 1. The number of hydrogen-bond donors (Lipinski definition) is 1. The predicted octanol–water partition coefficient (Wildman–Crippen LogP) is 3.54. The number of rotatable bonds is 5. The molecule has 0 amide bonds. The minimum atomic E-state index is 0.640. The lowest BCUT2D eigenvalue weighted by atomic mass is 10.3. The maximum atomic E-state index is 5.97. The van der Waals surface area contributed by atoms with Crippen molar-refractivity contribution in [2.75, 3.05) is 19.0 Å². The number of thiazole rings is 1. The van der Waals surface area contributed by atoms with Crippen LogP contribution in [0.1, 0.15) is 0 Å². The fourth-order valence-corrected chi connectivity index (χ4v) is 2.97. The summed E-state index contributed by atoms with van der Waals surface area (Å²) in [6.07, 6.45) is 3.70. The van der Waals surface area contributed by atoms with E-state index in [9.17, 15) is 0 Å². The van der Waals surface area contributed by atoms with Crippen molar-refractivity contribution in [3.63, 3.8) is 0 Å². The number of anilines is 2. The van der Waals surface area contributed by atoms with Gasteiger partial charge in [-0.1, -0.05) is 22.9 Å². The Kier molecular flexibility index (Phi) is 3.86. The molecule has 5 nitrogen and oxygen atoms in total. The molecule has 0 unspecified atom stereocenters. The Hall–Kier alpha value is -1.63. The van der Waals surface area contributed by atoms with Crippen LogP contribution in [0.5, 0.6) is 0 Å². The van der Waals surface area contributed by atoms with E-state index in [4.69, 9.17) is 16.3 Å². The molecule has 0 saturated carbocycles. The second kappa shape index (κ2) is 5.78. The second-order valence-electron chi connectivity index (χ2n) is 4.24. The number of benzene rings is 1. The van der Waals surface area contributed by atoms with Crippen LogP contribution < -0.4 is 5.32 Å². The molecular weight excluding hydrogens is 296 g/mol. The molecule has 3 rings (SSSR count). The first-order valence-corrected chi connectivity index (χ1v) is 7.28. The summed E-state index contributed by atoms with van der Waals surface area (Å²) in [7, 11) is 1.68. The molecule has 0 aliphatic heterocycles. The van der Waals surface area contributed by atoms with Gasteiger partial charge in [-0.2, -0.15) is 5.10 Å². The van der Waals surface area contributed by atoms with Crippen molar-refractivity contribution in [2.24, 2.45) is 0 Å². The fraction of sp³-hybridized carbons (Fsp3) is 0.231. The van der Waals surface area contributed by atoms with Crippen molar-refractivity contribution in [1.82, 2.24) is 14.8 Å². The standard InChI is InChI=1S/C13H13ClN4OS/c1-19-5-4-18-8-10(7-15-18)16-13-17-11-3-2-9(14)6-12(11)20-13/h2-3,6-8H,4-5H2,1H3,(H,16,17). The van der Waals surface area contributed by atoms with Crippen LogP contribution in [0.4, 0.5) is 10.8 Å².